The molecule has 0 aliphatic rings. The standard InChI is InChI=1S/C10H12ClF2NO3S/c1-14(5-10(12)13)18(16,17)8-2-3-9(11)7(4-8)6-15/h2-4,10,15H,5-6H2,1H3. The van der Waals surface area contributed by atoms with Crippen LogP contribution in [0.15, 0.2) is 23.1 Å². The van der Waals surface area contributed by atoms with E-state index in [0.29, 0.717) is 4.31 Å². The Labute approximate surface area is 109 Å². The van der Waals surface area contributed by atoms with Crippen LogP contribution < -0.4 is 0 Å². The molecule has 0 unspecified atom stereocenters. The summed E-state index contributed by atoms with van der Waals surface area (Å²) in [4.78, 5) is -0.181. The van der Waals surface area contributed by atoms with Crippen LogP contribution in [0.2, 0.25) is 5.02 Å². The summed E-state index contributed by atoms with van der Waals surface area (Å²) in [6.45, 7) is -1.32. The van der Waals surface area contributed by atoms with E-state index in [4.69, 9.17) is 16.7 Å². The smallest absolute Gasteiger partial charge is 0.252 e. The van der Waals surface area contributed by atoms with Gasteiger partial charge in [0.25, 0.3) is 6.43 Å². The van der Waals surface area contributed by atoms with Gasteiger partial charge in [0.05, 0.1) is 18.0 Å². The van der Waals surface area contributed by atoms with Crippen molar-refractivity contribution in [2.24, 2.45) is 0 Å². The van der Waals surface area contributed by atoms with E-state index in [9.17, 15) is 17.2 Å². The fraction of sp³-hybridized carbons (Fsp3) is 0.400. The highest BCUT2D eigenvalue weighted by molar-refractivity contribution is 7.89. The van der Waals surface area contributed by atoms with Crippen molar-refractivity contribution in [1.82, 2.24) is 4.31 Å². The van der Waals surface area contributed by atoms with Crippen molar-refractivity contribution in [2.45, 2.75) is 17.9 Å². The lowest BCUT2D eigenvalue weighted by molar-refractivity contribution is 0.126. The molecule has 0 bridgehead atoms. The molecule has 1 aromatic carbocycles. The van der Waals surface area contributed by atoms with Crippen LogP contribution in [0.3, 0.4) is 0 Å². The highest BCUT2D eigenvalue weighted by Gasteiger charge is 2.24. The molecule has 8 heteroatoms. The van der Waals surface area contributed by atoms with Gasteiger partial charge < -0.3 is 5.11 Å². The molecule has 0 saturated carbocycles. The van der Waals surface area contributed by atoms with Gasteiger partial charge in [0.15, 0.2) is 0 Å². The molecule has 0 saturated heterocycles. The van der Waals surface area contributed by atoms with Gasteiger partial charge in [0.1, 0.15) is 0 Å². The molecule has 102 valence electrons. The summed E-state index contributed by atoms with van der Waals surface area (Å²) >= 11 is 5.72. The Morgan fingerprint density at radius 2 is 2.06 bits per heavy atom. The number of nitrogens with zero attached hydrogens (tertiary/aromatic N) is 1. The van der Waals surface area contributed by atoms with Gasteiger partial charge in [-0.2, -0.15) is 4.31 Å². The van der Waals surface area contributed by atoms with Crippen LogP contribution in [-0.2, 0) is 16.6 Å². The van der Waals surface area contributed by atoms with Crippen molar-refractivity contribution >= 4 is 21.6 Å². The van der Waals surface area contributed by atoms with Crippen molar-refractivity contribution in [3.63, 3.8) is 0 Å². The number of benzene rings is 1. The fourth-order valence-electron chi connectivity index (χ4n) is 1.31. The first-order valence-electron chi connectivity index (χ1n) is 4.92. The summed E-state index contributed by atoms with van der Waals surface area (Å²) in [6, 6.07) is 3.68. The van der Waals surface area contributed by atoms with E-state index < -0.39 is 29.6 Å². The molecule has 0 fully saturated rings. The van der Waals surface area contributed by atoms with Crippen molar-refractivity contribution in [1.29, 1.82) is 0 Å². The SMILES string of the molecule is CN(CC(F)F)S(=O)(=O)c1ccc(Cl)c(CO)c1. The minimum Gasteiger partial charge on any atom is -0.392 e. The quantitative estimate of drug-likeness (QED) is 0.900. The topological polar surface area (TPSA) is 57.6 Å². The Bertz CT molecular complexity index is 522. The molecular formula is C10H12ClF2NO3S. The van der Waals surface area contributed by atoms with Crippen LogP contribution in [-0.4, -0.2) is 37.8 Å². The summed E-state index contributed by atoms with van der Waals surface area (Å²) < 4.78 is 48.7. The van der Waals surface area contributed by atoms with E-state index in [1.807, 2.05) is 0 Å². The maximum atomic E-state index is 12.2. The van der Waals surface area contributed by atoms with Gasteiger partial charge in [-0.15, -0.1) is 0 Å². The van der Waals surface area contributed by atoms with Crippen molar-refractivity contribution in [3.8, 4) is 0 Å². The summed E-state index contributed by atoms with van der Waals surface area (Å²) in [7, 11) is -2.94. The van der Waals surface area contributed by atoms with Crippen molar-refractivity contribution < 1.29 is 22.3 Å². The number of rotatable bonds is 5. The summed E-state index contributed by atoms with van der Waals surface area (Å²) in [5.74, 6) is 0. The number of alkyl halides is 2. The number of halogens is 3. The van der Waals surface area contributed by atoms with Crippen LogP contribution in [0, 0.1) is 0 Å². The third-order valence-electron chi connectivity index (χ3n) is 2.29. The number of hydrogen-bond acceptors (Lipinski definition) is 3. The molecular weight excluding hydrogens is 288 g/mol. The predicted molar refractivity (Wildman–Crippen MR) is 63.2 cm³/mol. The molecule has 1 rings (SSSR count). The predicted octanol–water partition coefficient (Wildman–Crippen LogP) is 1.72. The van der Waals surface area contributed by atoms with Gasteiger partial charge in [-0.05, 0) is 23.8 Å². The van der Waals surface area contributed by atoms with Crippen LogP contribution in [0.5, 0.6) is 0 Å². The first-order chi connectivity index (χ1) is 8.28. The van der Waals surface area contributed by atoms with E-state index in [2.05, 4.69) is 0 Å². The molecule has 0 heterocycles. The van der Waals surface area contributed by atoms with Gasteiger partial charge in [0.2, 0.25) is 10.0 Å². The number of sulfonamides is 1. The van der Waals surface area contributed by atoms with Crippen molar-refractivity contribution in [3.05, 3.63) is 28.8 Å². The molecule has 0 spiro atoms. The third-order valence-corrected chi connectivity index (χ3v) is 4.48. The van der Waals surface area contributed by atoms with Crippen LogP contribution >= 0.6 is 11.6 Å². The highest BCUT2D eigenvalue weighted by Crippen LogP contribution is 2.22. The minimum absolute atomic E-state index is 0.181. The second-order valence-corrected chi connectivity index (χ2v) is 6.04. The van der Waals surface area contributed by atoms with Gasteiger partial charge in [-0.25, -0.2) is 17.2 Å². The van der Waals surface area contributed by atoms with Gasteiger partial charge >= 0.3 is 0 Å². The Morgan fingerprint density at radius 1 is 1.44 bits per heavy atom. The molecule has 4 nitrogen and oxygen atoms in total. The normalized spacial score (nSPS) is 12.4. The second kappa shape index (κ2) is 5.92. The summed E-state index contributed by atoms with van der Waals surface area (Å²) in [5, 5.41) is 9.20. The first-order valence-corrected chi connectivity index (χ1v) is 6.74. The molecule has 0 aliphatic carbocycles. The van der Waals surface area contributed by atoms with Crippen LogP contribution in [0.4, 0.5) is 8.78 Å². The zero-order valence-electron chi connectivity index (χ0n) is 9.48. The van der Waals surface area contributed by atoms with Crippen LogP contribution in [0.1, 0.15) is 5.56 Å². The lowest BCUT2D eigenvalue weighted by Gasteiger charge is -2.17. The molecule has 1 aromatic rings. The molecule has 1 N–H and O–H groups in total. The monoisotopic (exact) mass is 299 g/mol. The second-order valence-electron chi connectivity index (χ2n) is 3.59. The lowest BCUT2D eigenvalue weighted by Crippen LogP contribution is -2.31. The van der Waals surface area contributed by atoms with Gasteiger partial charge in [-0.1, -0.05) is 11.6 Å². The fourth-order valence-corrected chi connectivity index (χ4v) is 2.68. The molecule has 0 atom stereocenters. The maximum absolute atomic E-state index is 12.2. The van der Waals surface area contributed by atoms with E-state index in [1.54, 1.807) is 0 Å². The molecule has 0 aromatic heterocycles. The van der Waals surface area contributed by atoms with E-state index in [1.165, 1.54) is 18.2 Å². The van der Waals surface area contributed by atoms with E-state index in [-0.39, 0.29) is 15.5 Å². The number of hydrogen-bond donors (Lipinski definition) is 1. The molecule has 18 heavy (non-hydrogen) atoms. The Hall–Kier alpha value is -0.760. The zero-order valence-corrected chi connectivity index (χ0v) is 11.0. The summed E-state index contributed by atoms with van der Waals surface area (Å²) in [5.41, 5.74) is 0.225. The van der Waals surface area contributed by atoms with E-state index in [0.717, 1.165) is 7.05 Å². The van der Waals surface area contributed by atoms with E-state index >= 15 is 0 Å². The Kier molecular flexibility index (Phi) is 5.03. The number of aliphatic hydroxyl groups is 1. The molecule has 0 aliphatic heterocycles. The van der Waals surface area contributed by atoms with Gasteiger partial charge in [0, 0.05) is 12.1 Å². The Balaban J connectivity index is 3.12. The molecule has 0 radical (unpaired) electrons. The zero-order chi connectivity index (χ0) is 13.9. The van der Waals surface area contributed by atoms with Crippen molar-refractivity contribution in [2.75, 3.05) is 13.6 Å². The maximum Gasteiger partial charge on any atom is 0.252 e. The lowest BCUT2D eigenvalue weighted by atomic mass is 10.2. The minimum atomic E-state index is -4.00. The third kappa shape index (κ3) is 3.38. The Morgan fingerprint density at radius 3 is 2.56 bits per heavy atom. The molecule has 0 amide bonds. The summed E-state index contributed by atoms with van der Waals surface area (Å²) in [6.07, 6.45) is -2.76. The van der Waals surface area contributed by atoms with Gasteiger partial charge in [-0.3, -0.25) is 0 Å². The van der Waals surface area contributed by atoms with Crippen LogP contribution in [0.25, 0.3) is 0 Å². The average Bonchev–Trinajstić information content (AvgIpc) is 2.28. The highest BCUT2D eigenvalue weighted by atomic mass is 35.5. The first kappa shape index (κ1) is 15.3. The number of aliphatic hydroxyl groups excluding tert-OH is 1. The largest absolute Gasteiger partial charge is 0.392 e. The average molecular weight is 300 g/mol.